The molecule has 1 aromatic carbocycles. The zero-order valence-corrected chi connectivity index (χ0v) is 8.48. The summed E-state index contributed by atoms with van der Waals surface area (Å²) in [5.74, 6) is 0.841. The third kappa shape index (κ3) is 2.90. The quantitative estimate of drug-likeness (QED) is 0.674. The van der Waals surface area contributed by atoms with Crippen LogP contribution in [0, 0.1) is 0 Å². The van der Waals surface area contributed by atoms with Crippen LogP contribution < -0.4 is 0 Å². The molecule has 1 aromatic rings. The lowest BCUT2D eigenvalue weighted by molar-refractivity contribution is 0.795. The van der Waals surface area contributed by atoms with Crippen LogP contribution >= 0.6 is 12.6 Å². The van der Waals surface area contributed by atoms with Gasteiger partial charge in [0.05, 0.1) is 0 Å². The summed E-state index contributed by atoms with van der Waals surface area (Å²) in [4.78, 5) is 0. The molecule has 0 atom stereocenters. The Bertz CT molecular complexity index is 213. The second kappa shape index (κ2) is 5.26. The van der Waals surface area contributed by atoms with Crippen molar-refractivity contribution in [2.45, 2.75) is 31.9 Å². The molecule has 1 rings (SSSR count). The summed E-state index contributed by atoms with van der Waals surface area (Å²) in [6, 6.07) is 8.75. The minimum absolute atomic E-state index is 0.841. The predicted octanol–water partition coefficient (Wildman–Crippen LogP) is 3.46. The highest BCUT2D eigenvalue weighted by molar-refractivity contribution is 7.79. The smallest absolute Gasteiger partial charge is 0.0154 e. The lowest BCUT2D eigenvalue weighted by Gasteiger charge is -2.00. The number of rotatable bonds is 4. The molecule has 0 saturated carbocycles. The van der Waals surface area contributed by atoms with Crippen molar-refractivity contribution in [3.8, 4) is 0 Å². The molecule has 1 heteroatoms. The fraction of sp³-hybridized carbons (Fsp3) is 0.455. The van der Waals surface area contributed by atoms with E-state index in [1.807, 2.05) is 0 Å². The minimum Gasteiger partial charge on any atom is -0.175 e. The van der Waals surface area contributed by atoms with Crippen LogP contribution in [0.5, 0.6) is 0 Å². The largest absolute Gasteiger partial charge is 0.175 e. The van der Waals surface area contributed by atoms with E-state index in [0.29, 0.717) is 0 Å². The maximum Gasteiger partial charge on any atom is 0.0154 e. The van der Waals surface area contributed by atoms with Crippen molar-refractivity contribution in [1.29, 1.82) is 0 Å². The summed E-state index contributed by atoms with van der Waals surface area (Å²) in [7, 11) is 0. The van der Waals surface area contributed by atoms with Gasteiger partial charge in [-0.2, -0.15) is 12.6 Å². The average molecular weight is 180 g/mol. The van der Waals surface area contributed by atoms with Gasteiger partial charge in [-0.05, 0) is 24.0 Å². The van der Waals surface area contributed by atoms with Gasteiger partial charge in [0.2, 0.25) is 0 Å². The molecule has 0 radical (unpaired) electrons. The van der Waals surface area contributed by atoms with E-state index in [9.17, 15) is 0 Å². The second-order valence-electron chi connectivity index (χ2n) is 3.08. The molecule has 0 aromatic heterocycles. The number of hydrogen-bond acceptors (Lipinski definition) is 1. The first-order chi connectivity index (χ1) is 5.86. The van der Waals surface area contributed by atoms with Gasteiger partial charge in [-0.15, -0.1) is 0 Å². The van der Waals surface area contributed by atoms with Crippen LogP contribution in [0.25, 0.3) is 0 Å². The van der Waals surface area contributed by atoms with E-state index in [4.69, 9.17) is 0 Å². The monoisotopic (exact) mass is 180 g/mol. The summed E-state index contributed by atoms with van der Waals surface area (Å²) in [5, 5.41) is 0. The van der Waals surface area contributed by atoms with Crippen molar-refractivity contribution in [1.82, 2.24) is 0 Å². The van der Waals surface area contributed by atoms with Crippen LogP contribution in [-0.2, 0) is 12.2 Å². The van der Waals surface area contributed by atoms with Crippen LogP contribution in [-0.4, -0.2) is 0 Å². The molecule has 0 unspecified atom stereocenters. The first-order valence-corrected chi connectivity index (χ1v) is 5.18. The van der Waals surface area contributed by atoms with Gasteiger partial charge >= 0.3 is 0 Å². The normalized spacial score (nSPS) is 10.2. The van der Waals surface area contributed by atoms with Gasteiger partial charge in [-0.3, -0.25) is 0 Å². The summed E-state index contributed by atoms with van der Waals surface area (Å²) in [6.45, 7) is 2.22. The first-order valence-electron chi connectivity index (χ1n) is 4.55. The Kier molecular flexibility index (Phi) is 4.23. The maximum atomic E-state index is 4.21. The third-order valence-corrected chi connectivity index (χ3v) is 2.39. The van der Waals surface area contributed by atoms with Crippen LogP contribution in [0.2, 0.25) is 0 Å². The van der Waals surface area contributed by atoms with Crippen molar-refractivity contribution in [3.63, 3.8) is 0 Å². The van der Waals surface area contributed by atoms with Crippen molar-refractivity contribution < 1.29 is 0 Å². The van der Waals surface area contributed by atoms with Crippen LogP contribution in [0.15, 0.2) is 24.3 Å². The van der Waals surface area contributed by atoms with Gasteiger partial charge in [0.25, 0.3) is 0 Å². The number of thiol groups is 1. The van der Waals surface area contributed by atoms with E-state index < -0.39 is 0 Å². The van der Waals surface area contributed by atoms with E-state index in [1.54, 1.807) is 0 Å². The lowest BCUT2D eigenvalue weighted by Crippen LogP contribution is -1.85. The van der Waals surface area contributed by atoms with Gasteiger partial charge in [0.15, 0.2) is 0 Å². The molecule has 12 heavy (non-hydrogen) atoms. The van der Waals surface area contributed by atoms with E-state index >= 15 is 0 Å². The first kappa shape index (κ1) is 9.66. The van der Waals surface area contributed by atoms with E-state index in [-0.39, 0.29) is 0 Å². The third-order valence-electron chi connectivity index (χ3n) is 2.02. The fourth-order valence-corrected chi connectivity index (χ4v) is 1.40. The van der Waals surface area contributed by atoms with Crippen LogP contribution in [0.1, 0.15) is 30.9 Å². The molecule has 0 spiro atoms. The lowest BCUT2D eigenvalue weighted by atomic mass is 10.1. The van der Waals surface area contributed by atoms with Crippen LogP contribution in [0.3, 0.4) is 0 Å². The van der Waals surface area contributed by atoms with Crippen molar-refractivity contribution in [2.24, 2.45) is 0 Å². The van der Waals surface area contributed by atoms with E-state index in [2.05, 4.69) is 43.8 Å². The fourth-order valence-electron chi connectivity index (χ4n) is 1.19. The van der Waals surface area contributed by atoms with Gasteiger partial charge in [0, 0.05) is 5.75 Å². The summed E-state index contributed by atoms with van der Waals surface area (Å²) in [6.07, 6.45) is 3.78. The average Bonchev–Trinajstić information content (AvgIpc) is 2.15. The molecule has 0 saturated heterocycles. The standard InChI is InChI=1S/C11H16S/c1-2-3-4-10-5-7-11(9-12)8-6-10/h5-8,12H,2-4,9H2,1H3. The van der Waals surface area contributed by atoms with Crippen molar-refractivity contribution in [3.05, 3.63) is 35.4 Å². The summed E-state index contributed by atoms with van der Waals surface area (Å²) in [5.41, 5.74) is 2.75. The molecule has 0 amide bonds. The number of unbranched alkanes of at least 4 members (excludes halogenated alkanes) is 1. The Labute approximate surface area is 80.4 Å². The number of hydrogen-bond donors (Lipinski definition) is 1. The van der Waals surface area contributed by atoms with Crippen molar-refractivity contribution in [2.75, 3.05) is 0 Å². The number of benzene rings is 1. The van der Waals surface area contributed by atoms with Crippen molar-refractivity contribution >= 4 is 12.6 Å². The van der Waals surface area contributed by atoms with E-state index in [1.165, 1.54) is 30.4 Å². The summed E-state index contributed by atoms with van der Waals surface area (Å²) < 4.78 is 0. The van der Waals surface area contributed by atoms with E-state index in [0.717, 1.165) is 5.75 Å². The molecular weight excluding hydrogens is 164 g/mol. The van der Waals surface area contributed by atoms with Gasteiger partial charge in [-0.1, -0.05) is 37.6 Å². The van der Waals surface area contributed by atoms with Gasteiger partial charge < -0.3 is 0 Å². The molecule has 0 fully saturated rings. The maximum absolute atomic E-state index is 4.21. The molecule has 0 aliphatic heterocycles. The van der Waals surface area contributed by atoms with Gasteiger partial charge in [-0.25, -0.2) is 0 Å². The van der Waals surface area contributed by atoms with Gasteiger partial charge in [0.1, 0.15) is 0 Å². The van der Waals surface area contributed by atoms with Crippen LogP contribution in [0.4, 0.5) is 0 Å². The SMILES string of the molecule is CCCCc1ccc(CS)cc1. The molecule has 0 bridgehead atoms. The topological polar surface area (TPSA) is 0 Å². The predicted molar refractivity (Wildman–Crippen MR) is 57.7 cm³/mol. The molecule has 0 aliphatic rings. The molecular formula is C11H16S. The number of aryl methyl sites for hydroxylation is 1. The highest BCUT2D eigenvalue weighted by Crippen LogP contribution is 2.08. The molecule has 0 heterocycles. The summed E-state index contributed by atoms with van der Waals surface area (Å²) >= 11 is 4.21. The second-order valence-corrected chi connectivity index (χ2v) is 3.39. The molecule has 0 N–H and O–H groups in total. The zero-order chi connectivity index (χ0) is 8.81. The Morgan fingerprint density at radius 2 is 1.67 bits per heavy atom. The highest BCUT2D eigenvalue weighted by Gasteiger charge is 1.92. The minimum atomic E-state index is 0.841. The zero-order valence-electron chi connectivity index (χ0n) is 7.59. The Morgan fingerprint density at radius 3 is 2.17 bits per heavy atom. The highest BCUT2D eigenvalue weighted by atomic mass is 32.1. The molecule has 0 aliphatic carbocycles. The Hall–Kier alpha value is -0.430. The molecule has 66 valence electrons. The Balaban J connectivity index is 2.53. The Morgan fingerprint density at radius 1 is 1.08 bits per heavy atom. The molecule has 0 nitrogen and oxygen atoms in total.